The molecule has 1 aromatic heterocycles. The number of hydrogen-bond acceptors (Lipinski definition) is 3. The first-order valence-corrected chi connectivity index (χ1v) is 6.76. The number of benzene rings is 1. The van der Waals surface area contributed by atoms with Gasteiger partial charge in [0.2, 0.25) is 5.91 Å². The summed E-state index contributed by atoms with van der Waals surface area (Å²) in [5.41, 5.74) is -0.514. The Balaban J connectivity index is 2.31. The van der Waals surface area contributed by atoms with Crippen LogP contribution in [0.15, 0.2) is 27.8 Å². The zero-order chi connectivity index (χ0) is 14.5. The maximum atomic E-state index is 11.8. The summed E-state index contributed by atoms with van der Waals surface area (Å²) >= 11 is 5.55. The molecule has 0 aliphatic heterocycles. The van der Waals surface area contributed by atoms with E-state index in [9.17, 15) is 14.4 Å². The molecule has 0 saturated carbocycles. The third kappa shape index (κ3) is 3.08. The lowest BCUT2D eigenvalue weighted by molar-refractivity contribution is -0.116. The second kappa shape index (κ2) is 6.38. The third-order valence-electron chi connectivity index (χ3n) is 2.89. The van der Waals surface area contributed by atoms with Gasteiger partial charge in [0.05, 0.1) is 16.5 Å². The van der Waals surface area contributed by atoms with Gasteiger partial charge >= 0.3 is 0 Å². The number of H-pyrrole nitrogens is 2. The van der Waals surface area contributed by atoms with Gasteiger partial charge < -0.3 is 5.32 Å². The number of fused-ring (bicyclic) bond motifs is 1. The normalized spacial score (nSPS) is 10.7. The number of nitrogens with one attached hydrogen (secondary N) is 3. The second-order valence-electron chi connectivity index (χ2n) is 4.33. The van der Waals surface area contributed by atoms with Crippen LogP contribution < -0.4 is 16.4 Å². The Hall–Kier alpha value is -2.08. The molecule has 0 aliphatic carbocycles. The van der Waals surface area contributed by atoms with E-state index < -0.39 is 11.1 Å². The van der Waals surface area contributed by atoms with Crippen LogP contribution in [0.1, 0.15) is 19.3 Å². The average Bonchev–Trinajstić information content (AvgIpc) is 2.43. The molecule has 1 aromatic carbocycles. The summed E-state index contributed by atoms with van der Waals surface area (Å²) in [5.74, 6) is 0.304. The van der Waals surface area contributed by atoms with Crippen LogP contribution in [-0.4, -0.2) is 22.0 Å². The largest absolute Gasteiger partial charge is 0.325 e. The fourth-order valence-corrected chi connectivity index (χ4v) is 2.12. The van der Waals surface area contributed by atoms with Crippen LogP contribution >= 0.6 is 11.6 Å². The minimum atomic E-state index is -0.448. The predicted molar refractivity (Wildman–Crippen MR) is 78.4 cm³/mol. The van der Waals surface area contributed by atoms with Crippen molar-refractivity contribution in [2.24, 2.45) is 0 Å². The molecule has 0 saturated heterocycles. The van der Waals surface area contributed by atoms with Gasteiger partial charge in [-0.2, -0.15) is 0 Å². The Morgan fingerprint density at radius 2 is 1.90 bits per heavy atom. The Labute approximate surface area is 119 Å². The van der Waals surface area contributed by atoms with Crippen molar-refractivity contribution in [3.8, 4) is 0 Å². The number of carbonyl (C=O) groups excluding carboxylic acids is 1. The zero-order valence-corrected chi connectivity index (χ0v) is 11.4. The number of hydrogen-bond donors (Lipinski definition) is 3. The molecule has 2 rings (SSSR count). The van der Waals surface area contributed by atoms with Gasteiger partial charge in [-0.15, -0.1) is 11.6 Å². The molecule has 106 valence electrons. The summed E-state index contributed by atoms with van der Waals surface area (Å²) in [6.45, 7) is 0. The molecule has 7 heteroatoms. The lowest BCUT2D eigenvalue weighted by Gasteiger charge is -2.07. The fraction of sp³-hybridized carbons (Fsp3) is 0.308. The van der Waals surface area contributed by atoms with Crippen molar-refractivity contribution >= 4 is 34.0 Å². The monoisotopic (exact) mass is 295 g/mol. The van der Waals surface area contributed by atoms with Crippen LogP contribution in [0.25, 0.3) is 10.8 Å². The first-order valence-electron chi connectivity index (χ1n) is 6.23. The highest BCUT2D eigenvalue weighted by atomic mass is 35.5. The number of carbonyl (C=O) groups is 1. The molecule has 1 heterocycles. The Kier molecular flexibility index (Phi) is 4.57. The summed E-state index contributed by atoms with van der Waals surface area (Å²) in [6, 6.07) is 4.74. The molecular formula is C13H14ClN3O3. The summed E-state index contributed by atoms with van der Waals surface area (Å²) in [4.78, 5) is 35.2. The smallest absolute Gasteiger partial charge is 0.272 e. The Morgan fingerprint density at radius 1 is 1.15 bits per heavy atom. The molecule has 0 aliphatic rings. The number of unbranched alkanes of at least 4 members (excludes halogenated alkanes) is 1. The Bertz CT molecular complexity index is 735. The van der Waals surface area contributed by atoms with Crippen molar-refractivity contribution in [3.63, 3.8) is 0 Å². The molecule has 2 aromatic rings. The molecule has 0 bridgehead atoms. The van der Waals surface area contributed by atoms with Gasteiger partial charge in [-0.3, -0.25) is 24.6 Å². The number of aromatic nitrogens is 2. The van der Waals surface area contributed by atoms with E-state index in [0.29, 0.717) is 24.4 Å². The lowest BCUT2D eigenvalue weighted by Crippen LogP contribution is -2.21. The Morgan fingerprint density at radius 3 is 2.65 bits per heavy atom. The molecule has 20 heavy (non-hydrogen) atoms. The summed E-state index contributed by atoms with van der Waals surface area (Å²) < 4.78 is 0. The van der Waals surface area contributed by atoms with Crippen molar-refractivity contribution in [1.29, 1.82) is 0 Å². The van der Waals surface area contributed by atoms with Gasteiger partial charge in [0.1, 0.15) is 0 Å². The van der Waals surface area contributed by atoms with Crippen molar-refractivity contribution in [3.05, 3.63) is 38.9 Å². The predicted octanol–water partition coefficient (Wildman–Crippen LogP) is 1.56. The fourth-order valence-electron chi connectivity index (χ4n) is 1.93. The van der Waals surface area contributed by atoms with Gasteiger partial charge in [0.25, 0.3) is 11.1 Å². The average molecular weight is 296 g/mol. The lowest BCUT2D eigenvalue weighted by atomic mass is 10.1. The third-order valence-corrected chi connectivity index (χ3v) is 3.15. The first-order chi connectivity index (χ1) is 9.63. The minimum absolute atomic E-state index is 0.182. The highest BCUT2D eigenvalue weighted by Crippen LogP contribution is 2.17. The minimum Gasteiger partial charge on any atom is -0.325 e. The van der Waals surface area contributed by atoms with E-state index in [2.05, 4.69) is 15.5 Å². The van der Waals surface area contributed by atoms with Crippen molar-refractivity contribution in [2.45, 2.75) is 19.3 Å². The van der Waals surface area contributed by atoms with Gasteiger partial charge in [0.15, 0.2) is 0 Å². The van der Waals surface area contributed by atoms with Crippen molar-refractivity contribution in [2.75, 3.05) is 11.2 Å². The van der Waals surface area contributed by atoms with Gasteiger partial charge in [-0.25, -0.2) is 0 Å². The molecule has 0 spiro atoms. The van der Waals surface area contributed by atoms with E-state index in [0.717, 1.165) is 6.42 Å². The maximum Gasteiger partial charge on any atom is 0.272 e. The van der Waals surface area contributed by atoms with Crippen LogP contribution in [0.4, 0.5) is 5.69 Å². The van der Waals surface area contributed by atoms with E-state index in [1.165, 1.54) is 6.07 Å². The summed E-state index contributed by atoms with van der Waals surface area (Å²) in [5, 5.41) is 7.57. The molecule has 0 atom stereocenters. The number of rotatable bonds is 5. The first kappa shape index (κ1) is 14.3. The van der Waals surface area contributed by atoms with E-state index in [1.807, 2.05) is 0 Å². The van der Waals surface area contributed by atoms with E-state index in [1.54, 1.807) is 12.1 Å². The van der Waals surface area contributed by atoms with Crippen LogP contribution in [0, 0.1) is 0 Å². The number of aromatic amines is 2. The van der Waals surface area contributed by atoms with Crippen molar-refractivity contribution < 1.29 is 4.79 Å². The molecule has 0 radical (unpaired) electrons. The summed E-state index contributed by atoms with van der Waals surface area (Å²) in [6.07, 6.45) is 1.76. The molecule has 0 fully saturated rings. The van der Waals surface area contributed by atoms with E-state index >= 15 is 0 Å². The van der Waals surface area contributed by atoms with Gasteiger partial charge in [-0.1, -0.05) is 6.07 Å². The van der Waals surface area contributed by atoms with Crippen molar-refractivity contribution in [1.82, 2.24) is 10.2 Å². The highest BCUT2D eigenvalue weighted by molar-refractivity contribution is 6.17. The van der Waals surface area contributed by atoms with E-state index in [4.69, 9.17) is 11.6 Å². The SMILES string of the molecule is O=C(CCCCCl)Nc1cccc2c(=O)[nH][nH]c(=O)c12. The number of alkyl halides is 1. The summed E-state index contributed by atoms with van der Waals surface area (Å²) in [7, 11) is 0. The van der Waals surface area contributed by atoms with Crippen LogP contribution in [0.3, 0.4) is 0 Å². The number of amides is 1. The number of halogens is 1. The van der Waals surface area contributed by atoms with Gasteiger partial charge in [0, 0.05) is 12.3 Å². The molecular weight excluding hydrogens is 282 g/mol. The van der Waals surface area contributed by atoms with Crippen LogP contribution in [0.5, 0.6) is 0 Å². The van der Waals surface area contributed by atoms with Gasteiger partial charge in [-0.05, 0) is 25.0 Å². The van der Waals surface area contributed by atoms with E-state index in [-0.39, 0.29) is 16.7 Å². The molecule has 6 nitrogen and oxygen atoms in total. The highest BCUT2D eigenvalue weighted by Gasteiger charge is 2.10. The molecule has 0 unspecified atom stereocenters. The standard InChI is InChI=1S/C13H14ClN3O3/c14-7-2-1-6-10(18)15-9-5-3-4-8-11(9)13(20)17-16-12(8)19/h3-5H,1-2,6-7H2,(H,15,18)(H,16,19)(H,17,20). The maximum absolute atomic E-state index is 11.8. The molecule has 3 N–H and O–H groups in total. The topological polar surface area (TPSA) is 94.8 Å². The molecule has 1 amide bonds. The van der Waals surface area contributed by atoms with Crippen LogP contribution in [0.2, 0.25) is 0 Å². The second-order valence-corrected chi connectivity index (χ2v) is 4.71. The number of anilines is 1. The zero-order valence-electron chi connectivity index (χ0n) is 10.7. The quantitative estimate of drug-likeness (QED) is 0.577. The van der Waals surface area contributed by atoms with Crippen LogP contribution in [-0.2, 0) is 4.79 Å².